The van der Waals surface area contributed by atoms with Gasteiger partial charge >= 0.3 is 34.3 Å². The SMILES string of the molecule is Cc1ccccc1.FC(F)(F)[SeH]. The Balaban J connectivity index is 0.000000217. The van der Waals surface area contributed by atoms with Gasteiger partial charge in [-0.3, -0.25) is 0 Å². The summed E-state index contributed by atoms with van der Waals surface area (Å²) in [5, 5.41) is -4.06. The number of hydrogen-bond donors (Lipinski definition) is 0. The molecule has 1 aromatic carbocycles. The van der Waals surface area contributed by atoms with Crippen molar-refractivity contribution in [3.63, 3.8) is 0 Å². The van der Waals surface area contributed by atoms with E-state index in [-0.39, 0.29) is 0 Å². The van der Waals surface area contributed by atoms with Gasteiger partial charge in [-0.05, 0) is 6.92 Å². The first-order valence-corrected chi connectivity index (χ1v) is 4.14. The van der Waals surface area contributed by atoms with Gasteiger partial charge in [0, 0.05) is 0 Å². The Bertz CT molecular complexity index is 199. The minimum absolute atomic E-state index is 0.583. The fraction of sp³-hybridized carbons (Fsp3) is 0.250. The molecule has 1 aromatic rings. The maximum atomic E-state index is 10.3. The van der Waals surface area contributed by atoms with Crippen LogP contribution >= 0.6 is 0 Å². The van der Waals surface area contributed by atoms with Crippen LogP contribution in [0, 0.1) is 6.92 Å². The average Bonchev–Trinajstić information content (AvgIpc) is 1.85. The molecule has 0 saturated carbocycles. The molecule has 0 aliphatic rings. The molecule has 0 bridgehead atoms. The van der Waals surface area contributed by atoms with Crippen LogP contribution in [0.15, 0.2) is 30.3 Å². The van der Waals surface area contributed by atoms with Crippen LogP contribution < -0.4 is 0 Å². The molecule has 0 aromatic heterocycles. The van der Waals surface area contributed by atoms with E-state index in [1.165, 1.54) is 5.56 Å². The van der Waals surface area contributed by atoms with Crippen LogP contribution in [-0.4, -0.2) is 21.1 Å². The van der Waals surface area contributed by atoms with Crippen molar-refractivity contribution in [1.82, 2.24) is 0 Å². The van der Waals surface area contributed by atoms with Crippen molar-refractivity contribution in [2.75, 3.05) is 0 Å². The second-order valence-corrected chi connectivity index (χ2v) is 3.19. The molecule has 4 heteroatoms. The normalized spacial score (nSPS) is 10.1. The Hall–Kier alpha value is -0.471. The van der Waals surface area contributed by atoms with Gasteiger partial charge in [0.05, 0.1) is 0 Å². The van der Waals surface area contributed by atoms with E-state index in [1.807, 2.05) is 18.2 Å². The number of benzene rings is 1. The van der Waals surface area contributed by atoms with Gasteiger partial charge in [-0.1, -0.05) is 35.9 Å². The molecule has 1 rings (SSSR count). The standard InChI is InChI=1S/C7H8.CHF3Se/c1-7-5-3-2-4-6-7;2-1(3,4)5/h2-6H,1H3;5H. The van der Waals surface area contributed by atoms with Crippen molar-refractivity contribution in [2.24, 2.45) is 0 Å². The summed E-state index contributed by atoms with van der Waals surface area (Å²) in [5.74, 6) is 0. The monoisotopic (exact) mass is 242 g/mol. The maximum absolute atomic E-state index is 10.3. The van der Waals surface area contributed by atoms with Gasteiger partial charge in [0.25, 0.3) is 0 Å². The first kappa shape index (κ1) is 11.5. The van der Waals surface area contributed by atoms with Gasteiger partial charge in [-0.25, -0.2) is 0 Å². The van der Waals surface area contributed by atoms with Gasteiger partial charge in [-0.2, -0.15) is 0 Å². The zero-order valence-electron chi connectivity index (χ0n) is 6.47. The minimum atomic E-state index is -4.06. The topological polar surface area (TPSA) is 0 Å². The molecule has 0 unspecified atom stereocenters. The zero-order chi connectivity index (χ0) is 9.61. The Morgan fingerprint density at radius 2 is 1.42 bits per heavy atom. The molecule has 0 atom stereocenters. The molecule has 0 radical (unpaired) electrons. The van der Waals surface area contributed by atoms with Crippen molar-refractivity contribution in [3.8, 4) is 0 Å². The molecule has 0 N–H and O–H groups in total. The molecular weight excluding hydrogens is 232 g/mol. The molecule has 0 aliphatic heterocycles. The van der Waals surface area contributed by atoms with E-state index in [9.17, 15) is 13.2 Å². The third-order valence-electron chi connectivity index (χ3n) is 0.940. The summed E-state index contributed by atoms with van der Waals surface area (Å²) in [6.45, 7) is 2.08. The molecule has 12 heavy (non-hydrogen) atoms. The Kier molecular flexibility index (Phi) is 5.02. The van der Waals surface area contributed by atoms with Crippen molar-refractivity contribution < 1.29 is 13.2 Å². The van der Waals surface area contributed by atoms with Gasteiger partial charge in [0.2, 0.25) is 0 Å². The molecule has 0 fully saturated rings. The van der Waals surface area contributed by atoms with Crippen LogP contribution in [-0.2, 0) is 0 Å². The fourth-order valence-corrected chi connectivity index (χ4v) is 0.534. The van der Waals surface area contributed by atoms with E-state index in [1.54, 1.807) is 0 Å². The number of aryl methyl sites for hydroxylation is 1. The molecule has 0 amide bonds. The van der Waals surface area contributed by atoms with Crippen molar-refractivity contribution in [3.05, 3.63) is 35.9 Å². The molecule has 0 aliphatic carbocycles. The quantitative estimate of drug-likeness (QED) is 0.612. The second kappa shape index (κ2) is 5.22. The van der Waals surface area contributed by atoms with Crippen LogP contribution in [0.1, 0.15) is 5.56 Å². The van der Waals surface area contributed by atoms with Crippen LogP contribution in [0.3, 0.4) is 0 Å². The average molecular weight is 241 g/mol. The number of rotatable bonds is 0. The van der Waals surface area contributed by atoms with Crippen molar-refractivity contribution in [2.45, 2.75) is 12.0 Å². The third kappa shape index (κ3) is 12.2. The van der Waals surface area contributed by atoms with Gasteiger partial charge in [-0.15, -0.1) is 0 Å². The molecule has 0 saturated heterocycles. The summed E-state index contributed by atoms with van der Waals surface area (Å²) in [4.78, 5) is 0. The van der Waals surface area contributed by atoms with E-state index in [4.69, 9.17) is 0 Å². The zero-order valence-corrected chi connectivity index (χ0v) is 8.34. The Morgan fingerprint density at radius 1 is 1.08 bits per heavy atom. The summed E-state index contributed by atoms with van der Waals surface area (Å²) in [7, 11) is 0. The third-order valence-corrected chi connectivity index (χ3v) is 0.940. The number of alkyl halides is 3. The van der Waals surface area contributed by atoms with Crippen molar-refractivity contribution in [1.29, 1.82) is 0 Å². The molecule has 0 heterocycles. The molecule has 0 spiro atoms. The summed E-state index contributed by atoms with van der Waals surface area (Å²) in [5.41, 5.74) is 1.32. The molecule has 0 nitrogen and oxygen atoms in total. The summed E-state index contributed by atoms with van der Waals surface area (Å²) in [6.07, 6.45) is 0. The Labute approximate surface area is 77.6 Å². The summed E-state index contributed by atoms with van der Waals surface area (Å²) in [6, 6.07) is 10.3. The van der Waals surface area contributed by atoms with E-state index >= 15 is 0 Å². The van der Waals surface area contributed by atoms with Gasteiger partial charge in [0.15, 0.2) is 0 Å². The van der Waals surface area contributed by atoms with E-state index in [0.29, 0.717) is 16.0 Å². The van der Waals surface area contributed by atoms with E-state index in [0.717, 1.165) is 0 Å². The van der Waals surface area contributed by atoms with Crippen LogP contribution in [0.2, 0.25) is 0 Å². The van der Waals surface area contributed by atoms with Gasteiger partial charge in [0.1, 0.15) is 0 Å². The number of hydrogen-bond acceptors (Lipinski definition) is 0. The van der Waals surface area contributed by atoms with Gasteiger partial charge < -0.3 is 0 Å². The van der Waals surface area contributed by atoms with Crippen LogP contribution in [0.5, 0.6) is 0 Å². The summed E-state index contributed by atoms with van der Waals surface area (Å²) >= 11 is 0.583. The second-order valence-electron chi connectivity index (χ2n) is 2.12. The molecule has 68 valence electrons. The number of halogens is 3. The predicted molar refractivity (Wildman–Crippen MR) is 44.4 cm³/mol. The fourth-order valence-electron chi connectivity index (χ4n) is 0.534. The molecular formula is C8H9F3Se. The van der Waals surface area contributed by atoms with E-state index in [2.05, 4.69) is 19.1 Å². The Morgan fingerprint density at radius 3 is 1.58 bits per heavy atom. The van der Waals surface area contributed by atoms with E-state index < -0.39 is 5.07 Å². The van der Waals surface area contributed by atoms with Crippen molar-refractivity contribution >= 4 is 16.0 Å². The van der Waals surface area contributed by atoms with Crippen LogP contribution in [0.4, 0.5) is 13.2 Å². The first-order valence-electron chi connectivity index (χ1n) is 3.20. The first-order chi connectivity index (χ1) is 5.39. The van der Waals surface area contributed by atoms with Crippen LogP contribution in [0.25, 0.3) is 0 Å². The predicted octanol–water partition coefficient (Wildman–Crippen LogP) is 2.40. The summed E-state index contributed by atoms with van der Waals surface area (Å²) < 4.78 is 31.0.